The second-order valence-electron chi connectivity index (χ2n) is 6.04. The molecule has 0 aliphatic heterocycles. The lowest BCUT2D eigenvalue weighted by molar-refractivity contribution is -0.532. The molecule has 0 N–H and O–H groups in total. The highest BCUT2D eigenvalue weighted by atomic mass is 19.1. The Kier molecular flexibility index (Phi) is 4.38. The van der Waals surface area contributed by atoms with Crippen LogP contribution in [0.4, 0.5) is 8.78 Å². The largest absolute Gasteiger partial charge is 0.300 e. The highest BCUT2D eigenvalue weighted by Crippen LogP contribution is 2.41. The number of ketones is 1. The molecule has 0 bridgehead atoms. The van der Waals surface area contributed by atoms with Crippen LogP contribution in [-0.4, -0.2) is 16.7 Å². The molecule has 2 aromatic rings. The molecule has 1 saturated carbocycles. The van der Waals surface area contributed by atoms with Crippen LogP contribution in [0.25, 0.3) is 0 Å². The maximum atomic E-state index is 13.1. The Hall–Kier alpha value is -2.63. The summed E-state index contributed by atoms with van der Waals surface area (Å²) in [5.41, 5.74) is 1.14. The van der Waals surface area contributed by atoms with Crippen LogP contribution in [0.3, 0.4) is 0 Å². The fourth-order valence-electron chi connectivity index (χ4n) is 3.44. The number of nitrogens with zero attached hydrogens (tertiary/aromatic N) is 1. The minimum absolute atomic E-state index is 0.0506. The van der Waals surface area contributed by atoms with Crippen LogP contribution in [0.2, 0.25) is 0 Å². The minimum atomic E-state index is -1.02. The third-order valence-corrected chi connectivity index (χ3v) is 4.56. The van der Waals surface area contributed by atoms with Gasteiger partial charge in [0.1, 0.15) is 17.4 Å². The molecule has 4 nitrogen and oxygen atoms in total. The van der Waals surface area contributed by atoms with Crippen molar-refractivity contribution < 1.29 is 18.5 Å². The summed E-state index contributed by atoms with van der Waals surface area (Å²) in [5.74, 6) is -2.21. The molecule has 1 aliphatic rings. The minimum Gasteiger partial charge on any atom is -0.300 e. The Morgan fingerprint density at radius 2 is 1.21 bits per heavy atom. The van der Waals surface area contributed by atoms with E-state index < -0.39 is 29.5 Å². The average Bonchev–Trinajstić information content (AvgIpc) is 2.55. The molecule has 24 heavy (non-hydrogen) atoms. The quantitative estimate of drug-likeness (QED) is 0.634. The lowest BCUT2D eigenvalue weighted by Crippen LogP contribution is -2.40. The fourth-order valence-corrected chi connectivity index (χ4v) is 3.44. The first kappa shape index (κ1) is 16.2. The monoisotopic (exact) mass is 331 g/mol. The van der Waals surface area contributed by atoms with Gasteiger partial charge in [-0.2, -0.15) is 0 Å². The molecular formula is C18H15F2NO3. The molecule has 6 heteroatoms. The SMILES string of the molecule is O=C1C[C@@H](c2ccc(F)cc2)C([N+](=O)[O-])[C@H](c2ccc(F)cc2)C1. The van der Waals surface area contributed by atoms with E-state index in [2.05, 4.69) is 0 Å². The second-order valence-corrected chi connectivity index (χ2v) is 6.04. The third-order valence-electron chi connectivity index (χ3n) is 4.56. The highest BCUT2D eigenvalue weighted by Gasteiger charge is 2.46. The first-order chi connectivity index (χ1) is 11.5. The van der Waals surface area contributed by atoms with Crippen LogP contribution in [0.5, 0.6) is 0 Å². The standard InChI is InChI=1S/C18H15F2NO3/c19-13-5-1-11(2-6-13)16-9-15(22)10-17(18(16)21(23)24)12-3-7-14(20)8-4-12/h1-8,16-18H,9-10H2/t16-,17-/m0/s1. The molecule has 124 valence electrons. The van der Waals surface area contributed by atoms with Gasteiger partial charge in [0, 0.05) is 17.8 Å². The number of hydrogen-bond donors (Lipinski definition) is 0. The van der Waals surface area contributed by atoms with Crippen molar-refractivity contribution in [2.24, 2.45) is 0 Å². The number of carbonyl (C=O) groups is 1. The van der Waals surface area contributed by atoms with E-state index in [-0.39, 0.29) is 23.5 Å². The first-order valence-corrected chi connectivity index (χ1v) is 7.62. The predicted octanol–water partition coefficient (Wildman–Crippen LogP) is 3.84. The number of hydrogen-bond acceptors (Lipinski definition) is 3. The van der Waals surface area contributed by atoms with E-state index >= 15 is 0 Å². The zero-order valence-corrected chi connectivity index (χ0v) is 12.7. The average molecular weight is 331 g/mol. The molecule has 1 fully saturated rings. The zero-order valence-electron chi connectivity index (χ0n) is 12.7. The van der Waals surface area contributed by atoms with Gasteiger partial charge in [0.15, 0.2) is 0 Å². The fraction of sp³-hybridized carbons (Fsp3) is 0.278. The first-order valence-electron chi connectivity index (χ1n) is 7.62. The molecule has 0 amide bonds. The van der Waals surface area contributed by atoms with Gasteiger partial charge in [-0.05, 0) is 35.4 Å². The Bertz CT molecular complexity index is 701. The normalized spacial score (nSPS) is 21.7. The molecule has 0 radical (unpaired) electrons. The van der Waals surface area contributed by atoms with Crippen LogP contribution in [0.15, 0.2) is 48.5 Å². The van der Waals surface area contributed by atoms with Crippen molar-refractivity contribution in [2.45, 2.75) is 30.7 Å². The number of rotatable bonds is 3. The van der Waals surface area contributed by atoms with Crippen molar-refractivity contribution in [1.82, 2.24) is 0 Å². The lowest BCUT2D eigenvalue weighted by atomic mass is 9.71. The molecule has 0 saturated heterocycles. The van der Waals surface area contributed by atoms with Crippen LogP contribution in [0.1, 0.15) is 35.8 Å². The Morgan fingerprint density at radius 3 is 1.54 bits per heavy atom. The van der Waals surface area contributed by atoms with Gasteiger partial charge in [-0.15, -0.1) is 0 Å². The van der Waals surface area contributed by atoms with Crippen LogP contribution < -0.4 is 0 Å². The molecule has 3 rings (SSSR count). The van der Waals surface area contributed by atoms with E-state index in [0.29, 0.717) is 11.1 Å². The van der Waals surface area contributed by atoms with E-state index in [1.54, 1.807) is 0 Å². The van der Waals surface area contributed by atoms with E-state index in [4.69, 9.17) is 0 Å². The molecular weight excluding hydrogens is 316 g/mol. The molecule has 1 aliphatic carbocycles. The molecule has 0 unspecified atom stereocenters. The zero-order chi connectivity index (χ0) is 17.3. The van der Waals surface area contributed by atoms with Gasteiger partial charge in [-0.25, -0.2) is 8.78 Å². The van der Waals surface area contributed by atoms with E-state index in [0.717, 1.165) is 0 Å². The van der Waals surface area contributed by atoms with Gasteiger partial charge in [0.2, 0.25) is 6.04 Å². The van der Waals surface area contributed by atoms with Gasteiger partial charge in [-0.1, -0.05) is 24.3 Å². The molecule has 2 atom stereocenters. The van der Waals surface area contributed by atoms with E-state index in [1.807, 2.05) is 0 Å². The number of Topliss-reactive ketones (excluding diaryl/α,β-unsaturated/α-hetero) is 1. The highest BCUT2D eigenvalue weighted by molar-refractivity contribution is 5.81. The maximum absolute atomic E-state index is 13.1. The van der Waals surface area contributed by atoms with Gasteiger partial charge >= 0.3 is 0 Å². The molecule has 0 spiro atoms. The summed E-state index contributed by atoms with van der Waals surface area (Å²) in [5, 5.41) is 11.7. The van der Waals surface area contributed by atoms with Crippen LogP contribution >= 0.6 is 0 Å². The van der Waals surface area contributed by atoms with Crippen molar-refractivity contribution in [3.05, 3.63) is 81.4 Å². The maximum Gasteiger partial charge on any atom is 0.227 e. The van der Waals surface area contributed by atoms with Gasteiger partial charge in [0.05, 0.1) is 11.8 Å². The smallest absolute Gasteiger partial charge is 0.227 e. The van der Waals surface area contributed by atoms with Crippen molar-refractivity contribution in [3.63, 3.8) is 0 Å². The topological polar surface area (TPSA) is 60.2 Å². The number of benzene rings is 2. The summed E-state index contributed by atoms with van der Waals surface area (Å²) in [7, 11) is 0. The second kappa shape index (κ2) is 6.47. The number of carbonyl (C=O) groups excluding carboxylic acids is 1. The van der Waals surface area contributed by atoms with Crippen molar-refractivity contribution in [1.29, 1.82) is 0 Å². The molecule has 0 aromatic heterocycles. The summed E-state index contributed by atoms with van der Waals surface area (Å²) in [4.78, 5) is 23.5. The number of nitro groups is 1. The van der Waals surface area contributed by atoms with Crippen molar-refractivity contribution >= 4 is 5.78 Å². The van der Waals surface area contributed by atoms with Crippen molar-refractivity contribution in [2.75, 3.05) is 0 Å². The predicted molar refractivity (Wildman–Crippen MR) is 83.3 cm³/mol. The lowest BCUT2D eigenvalue weighted by Gasteiger charge is -2.32. The molecule has 2 aromatic carbocycles. The van der Waals surface area contributed by atoms with Crippen LogP contribution in [-0.2, 0) is 4.79 Å². The summed E-state index contributed by atoms with van der Waals surface area (Å²) in [6.45, 7) is 0. The number of halogens is 2. The van der Waals surface area contributed by atoms with E-state index in [9.17, 15) is 23.7 Å². The van der Waals surface area contributed by atoms with Crippen molar-refractivity contribution in [3.8, 4) is 0 Å². The summed E-state index contributed by atoms with van der Waals surface area (Å²) in [6.07, 6.45) is 0.101. The van der Waals surface area contributed by atoms with Gasteiger partial charge in [0.25, 0.3) is 0 Å². The molecule has 0 heterocycles. The summed E-state index contributed by atoms with van der Waals surface area (Å²) < 4.78 is 26.3. The third kappa shape index (κ3) is 3.18. The van der Waals surface area contributed by atoms with Crippen LogP contribution in [0, 0.1) is 21.7 Å². The van der Waals surface area contributed by atoms with Gasteiger partial charge < -0.3 is 0 Å². The summed E-state index contributed by atoms with van der Waals surface area (Å²) >= 11 is 0. The van der Waals surface area contributed by atoms with E-state index in [1.165, 1.54) is 48.5 Å². The van der Waals surface area contributed by atoms with Gasteiger partial charge in [-0.3, -0.25) is 14.9 Å². The summed E-state index contributed by atoms with van der Waals surface area (Å²) in [6, 6.07) is 9.85. The Balaban J connectivity index is 2.02. The Morgan fingerprint density at radius 1 is 0.833 bits per heavy atom. The Labute approximate surface area is 137 Å².